The zero-order valence-corrected chi connectivity index (χ0v) is 22.9. The van der Waals surface area contributed by atoms with Crippen molar-refractivity contribution in [1.29, 1.82) is 0 Å². The summed E-state index contributed by atoms with van der Waals surface area (Å²) in [4.78, 5) is 0.286. The molecule has 0 aromatic heterocycles. The lowest BCUT2D eigenvalue weighted by molar-refractivity contribution is 0.340. The highest BCUT2D eigenvalue weighted by atomic mass is 32.2. The first-order valence-electron chi connectivity index (χ1n) is 12.1. The summed E-state index contributed by atoms with van der Waals surface area (Å²) in [5.74, 6) is 2.02. The minimum atomic E-state index is -3.73. The second-order valence-corrected chi connectivity index (χ2v) is 11.6. The van der Waals surface area contributed by atoms with Gasteiger partial charge in [0.15, 0.2) is 11.5 Å². The van der Waals surface area contributed by atoms with Crippen molar-refractivity contribution in [2.45, 2.75) is 51.0 Å². The first-order chi connectivity index (χ1) is 17.1. The fourth-order valence-corrected chi connectivity index (χ4v) is 5.34. The summed E-state index contributed by atoms with van der Waals surface area (Å²) in [5, 5.41) is 0. The Balaban J connectivity index is 1.90. The number of hydrogen-bond acceptors (Lipinski definition) is 5. The van der Waals surface area contributed by atoms with Crippen LogP contribution in [0.5, 0.6) is 17.2 Å². The van der Waals surface area contributed by atoms with E-state index in [1.165, 1.54) is 4.31 Å². The van der Waals surface area contributed by atoms with E-state index in [1.54, 1.807) is 26.4 Å². The SMILES string of the molecule is CCOc1ccc(CN(CCc2ccc(OC)c(OC)c2)S(=O)(=O)c2ccc(C(C)(C)C)cc2)cc1. The van der Waals surface area contributed by atoms with Crippen molar-refractivity contribution < 1.29 is 22.6 Å². The van der Waals surface area contributed by atoms with Crippen molar-refractivity contribution in [2.75, 3.05) is 27.4 Å². The van der Waals surface area contributed by atoms with Gasteiger partial charge in [0.25, 0.3) is 0 Å². The topological polar surface area (TPSA) is 65.1 Å². The van der Waals surface area contributed by atoms with Crippen LogP contribution in [0.2, 0.25) is 0 Å². The highest BCUT2D eigenvalue weighted by Gasteiger charge is 2.25. The van der Waals surface area contributed by atoms with E-state index in [2.05, 4.69) is 20.8 Å². The van der Waals surface area contributed by atoms with Crippen molar-refractivity contribution in [3.63, 3.8) is 0 Å². The summed E-state index contributed by atoms with van der Waals surface area (Å²) >= 11 is 0. The lowest BCUT2D eigenvalue weighted by atomic mass is 9.87. The molecular weight excluding hydrogens is 474 g/mol. The monoisotopic (exact) mass is 511 g/mol. The lowest BCUT2D eigenvalue weighted by Crippen LogP contribution is -2.32. The van der Waals surface area contributed by atoms with E-state index in [0.717, 1.165) is 22.4 Å². The number of rotatable bonds is 11. The molecule has 3 aromatic rings. The van der Waals surface area contributed by atoms with Crippen molar-refractivity contribution in [2.24, 2.45) is 0 Å². The van der Waals surface area contributed by atoms with Gasteiger partial charge in [0.1, 0.15) is 5.75 Å². The van der Waals surface area contributed by atoms with Crippen molar-refractivity contribution in [3.8, 4) is 17.2 Å². The van der Waals surface area contributed by atoms with Gasteiger partial charge in [-0.3, -0.25) is 0 Å². The maximum atomic E-state index is 13.8. The van der Waals surface area contributed by atoms with Crippen LogP contribution in [0.1, 0.15) is 44.4 Å². The molecule has 7 heteroatoms. The maximum absolute atomic E-state index is 13.8. The molecule has 0 N–H and O–H groups in total. The number of sulfonamides is 1. The van der Waals surface area contributed by atoms with Gasteiger partial charge in [0.2, 0.25) is 10.0 Å². The molecule has 0 unspecified atom stereocenters. The fraction of sp³-hybridized carbons (Fsp3) is 0.379. The summed E-state index contributed by atoms with van der Waals surface area (Å²) in [7, 11) is -0.555. The molecule has 0 saturated carbocycles. The third-order valence-corrected chi connectivity index (χ3v) is 7.91. The van der Waals surface area contributed by atoms with Crippen LogP contribution >= 0.6 is 0 Å². The van der Waals surface area contributed by atoms with E-state index in [-0.39, 0.29) is 16.9 Å². The predicted molar refractivity (Wildman–Crippen MR) is 144 cm³/mol. The molecule has 0 aliphatic rings. The quantitative estimate of drug-likeness (QED) is 0.324. The van der Waals surface area contributed by atoms with Crippen LogP contribution in [0.15, 0.2) is 71.6 Å². The van der Waals surface area contributed by atoms with Crippen LogP contribution in [0.4, 0.5) is 0 Å². The minimum absolute atomic E-state index is 0.0578. The molecule has 3 rings (SSSR count). The Labute approximate surface area is 215 Å². The Morgan fingerprint density at radius 2 is 1.42 bits per heavy atom. The fourth-order valence-electron chi connectivity index (χ4n) is 3.91. The Morgan fingerprint density at radius 3 is 1.97 bits per heavy atom. The predicted octanol–water partition coefficient (Wildman–Crippen LogP) is 5.83. The van der Waals surface area contributed by atoms with Gasteiger partial charge >= 0.3 is 0 Å². The van der Waals surface area contributed by atoms with E-state index in [4.69, 9.17) is 14.2 Å². The summed E-state index contributed by atoms with van der Waals surface area (Å²) < 4.78 is 45.3. The average Bonchev–Trinajstić information content (AvgIpc) is 2.87. The maximum Gasteiger partial charge on any atom is 0.243 e. The van der Waals surface area contributed by atoms with E-state index < -0.39 is 10.0 Å². The molecule has 0 atom stereocenters. The second kappa shape index (κ2) is 11.8. The Morgan fingerprint density at radius 1 is 0.806 bits per heavy atom. The molecule has 0 fully saturated rings. The number of hydrogen-bond donors (Lipinski definition) is 0. The number of ether oxygens (including phenoxy) is 3. The van der Waals surface area contributed by atoms with Crippen LogP contribution in [0.25, 0.3) is 0 Å². The van der Waals surface area contributed by atoms with Crippen LogP contribution in [-0.2, 0) is 28.4 Å². The van der Waals surface area contributed by atoms with Gasteiger partial charge in [-0.15, -0.1) is 0 Å². The zero-order chi connectivity index (χ0) is 26.3. The van der Waals surface area contributed by atoms with E-state index in [9.17, 15) is 8.42 Å². The van der Waals surface area contributed by atoms with E-state index in [0.29, 0.717) is 31.1 Å². The first kappa shape index (κ1) is 27.6. The molecule has 0 aliphatic carbocycles. The normalized spacial score (nSPS) is 12.0. The third-order valence-electron chi connectivity index (χ3n) is 6.05. The molecule has 0 spiro atoms. The van der Waals surface area contributed by atoms with E-state index >= 15 is 0 Å². The smallest absolute Gasteiger partial charge is 0.243 e. The van der Waals surface area contributed by atoms with Gasteiger partial charge in [-0.2, -0.15) is 4.31 Å². The Hall–Kier alpha value is -3.03. The molecule has 0 heterocycles. The minimum Gasteiger partial charge on any atom is -0.494 e. The highest BCUT2D eigenvalue weighted by molar-refractivity contribution is 7.89. The lowest BCUT2D eigenvalue weighted by Gasteiger charge is -2.24. The number of nitrogens with zero attached hydrogens (tertiary/aromatic N) is 1. The van der Waals surface area contributed by atoms with Crippen LogP contribution < -0.4 is 14.2 Å². The summed E-state index contributed by atoms with van der Waals surface area (Å²) in [6.07, 6.45) is 0.524. The van der Waals surface area contributed by atoms with Gasteiger partial charge in [-0.05, 0) is 71.8 Å². The van der Waals surface area contributed by atoms with Crippen molar-refractivity contribution in [3.05, 3.63) is 83.4 Å². The molecule has 3 aromatic carbocycles. The first-order valence-corrected chi connectivity index (χ1v) is 13.6. The van der Waals surface area contributed by atoms with Gasteiger partial charge in [-0.1, -0.05) is 51.1 Å². The molecule has 0 saturated heterocycles. The van der Waals surface area contributed by atoms with Gasteiger partial charge in [0, 0.05) is 13.1 Å². The third kappa shape index (κ3) is 6.80. The Bertz CT molecular complexity index is 1230. The molecule has 0 bridgehead atoms. The molecule has 0 amide bonds. The second-order valence-electron chi connectivity index (χ2n) is 9.63. The van der Waals surface area contributed by atoms with Crippen molar-refractivity contribution in [1.82, 2.24) is 4.31 Å². The van der Waals surface area contributed by atoms with E-state index in [1.807, 2.05) is 61.5 Å². The van der Waals surface area contributed by atoms with Gasteiger partial charge < -0.3 is 14.2 Å². The summed E-state index contributed by atoms with van der Waals surface area (Å²) in [5.41, 5.74) is 2.88. The molecule has 36 heavy (non-hydrogen) atoms. The summed E-state index contributed by atoms with van der Waals surface area (Å²) in [6.45, 7) is 9.40. The molecule has 6 nitrogen and oxygen atoms in total. The van der Waals surface area contributed by atoms with Crippen LogP contribution in [0, 0.1) is 0 Å². The summed E-state index contributed by atoms with van der Waals surface area (Å²) in [6, 6.07) is 20.4. The standard InChI is InChI=1S/C29H37NO5S/c1-7-35-25-13-8-23(9-14-25)21-30(19-18-22-10-17-27(33-5)28(20-22)34-6)36(31,32)26-15-11-24(12-16-26)29(2,3)4/h8-17,20H,7,18-19,21H2,1-6H3. The highest BCUT2D eigenvalue weighted by Crippen LogP contribution is 2.29. The van der Waals surface area contributed by atoms with Gasteiger partial charge in [-0.25, -0.2) is 8.42 Å². The molecule has 0 radical (unpaired) electrons. The van der Waals surface area contributed by atoms with Crippen LogP contribution in [-0.4, -0.2) is 40.1 Å². The number of benzene rings is 3. The molecular formula is C29H37NO5S. The Kier molecular flexibility index (Phi) is 9.03. The van der Waals surface area contributed by atoms with Crippen molar-refractivity contribution >= 4 is 10.0 Å². The van der Waals surface area contributed by atoms with Gasteiger partial charge in [0.05, 0.1) is 25.7 Å². The van der Waals surface area contributed by atoms with Crippen LogP contribution in [0.3, 0.4) is 0 Å². The molecule has 0 aliphatic heterocycles. The zero-order valence-electron chi connectivity index (χ0n) is 22.1. The molecule has 194 valence electrons. The number of methoxy groups -OCH3 is 2. The average molecular weight is 512 g/mol. The largest absolute Gasteiger partial charge is 0.494 e.